The molecule has 0 radical (unpaired) electrons. The van der Waals surface area contributed by atoms with E-state index < -0.39 is 0 Å². The Morgan fingerprint density at radius 3 is 2.39 bits per heavy atom. The number of aryl methyl sites for hydroxylation is 2. The first-order valence-corrected chi connectivity index (χ1v) is 6.09. The highest BCUT2D eigenvalue weighted by Crippen LogP contribution is 2.22. The van der Waals surface area contributed by atoms with Crippen LogP contribution < -0.4 is 11.1 Å². The van der Waals surface area contributed by atoms with Gasteiger partial charge < -0.3 is 11.1 Å². The van der Waals surface area contributed by atoms with Gasteiger partial charge in [0.15, 0.2) is 5.11 Å². The topological polar surface area (TPSA) is 55.9 Å². The van der Waals surface area contributed by atoms with Crippen molar-refractivity contribution in [1.29, 1.82) is 0 Å². The lowest BCUT2D eigenvalue weighted by atomic mass is 10.2. The molecule has 1 aromatic carbocycles. The van der Waals surface area contributed by atoms with Crippen LogP contribution in [0.1, 0.15) is 17.0 Å². The number of hydrogen-bond acceptors (Lipinski definition) is 2. The van der Waals surface area contributed by atoms with Crippen molar-refractivity contribution in [3.8, 4) is 5.69 Å². The van der Waals surface area contributed by atoms with Gasteiger partial charge in [-0.15, -0.1) is 0 Å². The maximum absolute atomic E-state index is 5.51. The van der Waals surface area contributed by atoms with E-state index in [2.05, 4.69) is 29.5 Å². The van der Waals surface area contributed by atoms with Crippen molar-refractivity contribution >= 4 is 23.0 Å². The summed E-state index contributed by atoms with van der Waals surface area (Å²) in [6.07, 6.45) is 0. The molecule has 0 unspecified atom stereocenters. The van der Waals surface area contributed by atoms with Crippen molar-refractivity contribution in [2.24, 2.45) is 5.73 Å². The molecule has 94 valence electrons. The van der Waals surface area contributed by atoms with Crippen LogP contribution in [0.3, 0.4) is 0 Å². The van der Waals surface area contributed by atoms with Crippen LogP contribution in [0, 0.1) is 20.8 Å². The van der Waals surface area contributed by atoms with E-state index in [1.807, 2.05) is 30.7 Å². The molecule has 0 spiro atoms. The first-order valence-electron chi connectivity index (χ1n) is 5.68. The first-order chi connectivity index (χ1) is 8.49. The second kappa shape index (κ2) is 4.78. The zero-order valence-corrected chi connectivity index (χ0v) is 11.5. The third kappa shape index (κ3) is 2.36. The van der Waals surface area contributed by atoms with Crippen LogP contribution >= 0.6 is 12.2 Å². The fourth-order valence-electron chi connectivity index (χ4n) is 1.88. The number of nitrogens with zero attached hydrogens (tertiary/aromatic N) is 2. The lowest BCUT2D eigenvalue weighted by Crippen LogP contribution is -2.19. The third-order valence-electron chi connectivity index (χ3n) is 2.82. The van der Waals surface area contributed by atoms with Crippen LogP contribution in [0.4, 0.5) is 5.69 Å². The predicted octanol–water partition coefficient (Wildman–Crippen LogP) is 2.45. The number of hydrogen-bond donors (Lipinski definition) is 2. The number of rotatable bonds is 2. The molecule has 1 aromatic heterocycles. The molecular formula is C13H16N4S. The van der Waals surface area contributed by atoms with Gasteiger partial charge in [-0.25, -0.2) is 4.68 Å². The number of benzene rings is 1. The van der Waals surface area contributed by atoms with Crippen molar-refractivity contribution in [3.63, 3.8) is 0 Å². The van der Waals surface area contributed by atoms with Crippen molar-refractivity contribution in [2.75, 3.05) is 5.32 Å². The molecule has 0 aliphatic rings. The van der Waals surface area contributed by atoms with E-state index in [-0.39, 0.29) is 5.11 Å². The van der Waals surface area contributed by atoms with Gasteiger partial charge in [-0.1, -0.05) is 17.7 Å². The zero-order chi connectivity index (χ0) is 13.3. The Balaban J connectivity index is 2.46. The monoisotopic (exact) mass is 260 g/mol. The molecule has 0 saturated carbocycles. The first kappa shape index (κ1) is 12.6. The predicted molar refractivity (Wildman–Crippen MR) is 78.2 cm³/mol. The van der Waals surface area contributed by atoms with Crippen LogP contribution in [0.5, 0.6) is 0 Å². The van der Waals surface area contributed by atoms with Crippen LogP contribution in [-0.4, -0.2) is 14.9 Å². The van der Waals surface area contributed by atoms with Crippen molar-refractivity contribution in [3.05, 3.63) is 41.2 Å². The van der Waals surface area contributed by atoms with Crippen LogP contribution in [0.25, 0.3) is 5.69 Å². The van der Waals surface area contributed by atoms with Gasteiger partial charge in [-0.3, -0.25) is 0 Å². The number of thiocarbonyl (C=S) groups is 1. The summed E-state index contributed by atoms with van der Waals surface area (Å²) in [6.45, 7) is 5.98. The van der Waals surface area contributed by atoms with E-state index in [0.29, 0.717) is 0 Å². The molecule has 0 aliphatic heterocycles. The Morgan fingerprint density at radius 1 is 1.22 bits per heavy atom. The summed E-state index contributed by atoms with van der Waals surface area (Å²) in [4.78, 5) is 0. The fourth-order valence-corrected chi connectivity index (χ4v) is 1.99. The standard InChI is InChI=1S/C13H16N4S/c1-8-4-6-11(7-5-8)17-10(3)12(9(2)16-17)15-13(14)18/h4-7H,1-3H3,(H3,14,15,18). The van der Waals surface area contributed by atoms with Crippen LogP contribution in [0.15, 0.2) is 24.3 Å². The minimum atomic E-state index is 0.254. The molecule has 0 amide bonds. The Bertz CT molecular complexity index is 584. The fraction of sp³-hybridized carbons (Fsp3) is 0.231. The molecule has 0 aliphatic carbocycles. The van der Waals surface area contributed by atoms with E-state index in [1.165, 1.54) is 5.56 Å². The SMILES string of the molecule is Cc1ccc(-n2nc(C)c(NC(N)=S)c2C)cc1. The minimum Gasteiger partial charge on any atom is -0.376 e. The lowest BCUT2D eigenvalue weighted by Gasteiger charge is -2.06. The molecule has 0 atom stereocenters. The summed E-state index contributed by atoms with van der Waals surface area (Å²) in [5, 5.41) is 7.73. The van der Waals surface area contributed by atoms with Gasteiger partial charge in [0, 0.05) is 0 Å². The average Bonchev–Trinajstić information content (AvgIpc) is 2.58. The average molecular weight is 260 g/mol. The van der Waals surface area contributed by atoms with E-state index in [0.717, 1.165) is 22.8 Å². The summed E-state index contributed by atoms with van der Waals surface area (Å²) in [5.74, 6) is 0. The molecule has 18 heavy (non-hydrogen) atoms. The third-order valence-corrected chi connectivity index (χ3v) is 2.92. The Labute approximate surface area is 112 Å². The number of anilines is 1. The minimum absolute atomic E-state index is 0.254. The second-order valence-electron chi connectivity index (χ2n) is 4.28. The van der Waals surface area contributed by atoms with Crippen molar-refractivity contribution in [1.82, 2.24) is 9.78 Å². The quantitative estimate of drug-likeness (QED) is 0.814. The molecular weight excluding hydrogens is 244 g/mol. The highest BCUT2D eigenvalue weighted by molar-refractivity contribution is 7.80. The molecule has 2 aromatic rings. The molecule has 0 bridgehead atoms. The second-order valence-corrected chi connectivity index (χ2v) is 4.72. The van der Waals surface area contributed by atoms with Gasteiger partial charge in [0.25, 0.3) is 0 Å². The van der Waals surface area contributed by atoms with Gasteiger partial charge in [-0.05, 0) is 45.1 Å². The largest absolute Gasteiger partial charge is 0.376 e. The van der Waals surface area contributed by atoms with E-state index in [4.69, 9.17) is 18.0 Å². The number of nitrogens with one attached hydrogen (secondary N) is 1. The summed E-state index contributed by atoms with van der Waals surface area (Å²) >= 11 is 4.87. The van der Waals surface area contributed by atoms with Gasteiger partial charge in [0.2, 0.25) is 0 Å². The van der Waals surface area contributed by atoms with Crippen LogP contribution in [-0.2, 0) is 0 Å². The molecule has 0 saturated heterocycles. The lowest BCUT2D eigenvalue weighted by molar-refractivity contribution is 0.833. The summed E-state index contributed by atoms with van der Waals surface area (Å²) < 4.78 is 1.88. The van der Waals surface area contributed by atoms with Gasteiger partial charge in [0.1, 0.15) is 0 Å². The Hall–Kier alpha value is -1.88. The Morgan fingerprint density at radius 2 is 1.83 bits per heavy atom. The molecule has 3 N–H and O–H groups in total. The maximum atomic E-state index is 5.51. The summed E-state index contributed by atoms with van der Waals surface area (Å²) in [6, 6.07) is 8.21. The highest BCUT2D eigenvalue weighted by atomic mass is 32.1. The van der Waals surface area contributed by atoms with E-state index in [9.17, 15) is 0 Å². The molecule has 1 heterocycles. The van der Waals surface area contributed by atoms with Gasteiger partial charge in [0.05, 0.1) is 22.8 Å². The molecule has 0 fully saturated rings. The summed E-state index contributed by atoms with van der Waals surface area (Å²) in [5.41, 5.74) is 10.5. The summed E-state index contributed by atoms with van der Waals surface area (Å²) in [7, 11) is 0. The van der Waals surface area contributed by atoms with Crippen LogP contribution in [0.2, 0.25) is 0 Å². The van der Waals surface area contributed by atoms with Gasteiger partial charge >= 0.3 is 0 Å². The molecule has 4 nitrogen and oxygen atoms in total. The maximum Gasteiger partial charge on any atom is 0.168 e. The molecule has 2 rings (SSSR count). The van der Waals surface area contributed by atoms with E-state index >= 15 is 0 Å². The smallest absolute Gasteiger partial charge is 0.168 e. The van der Waals surface area contributed by atoms with Crippen molar-refractivity contribution < 1.29 is 0 Å². The number of nitrogens with two attached hydrogens (primary N) is 1. The highest BCUT2D eigenvalue weighted by Gasteiger charge is 2.12. The number of aromatic nitrogens is 2. The van der Waals surface area contributed by atoms with E-state index in [1.54, 1.807) is 0 Å². The normalized spacial score (nSPS) is 10.4. The van der Waals surface area contributed by atoms with Gasteiger partial charge in [-0.2, -0.15) is 5.10 Å². The van der Waals surface area contributed by atoms with Crippen molar-refractivity contribution in [2.45, 2.75) is 20.8 Å². The Kier molecular flexibility index (Phi) is 3.34. The molecule has 5 heteroatoms. The zero-order valence-electron chi connectivity index (χ0n) is 10.7.